The third-order valence-electron chi connectivity index (χ3n) is 3.64. The average molecular weight is 353 g/mol. The molecule has 0 fully saturated rings. The van der Waals surface area contributed by atoms with Crippen molar-refractivity contribution in [3.8, 4) is 11.3 Å². The van der Waals surface area contributed by atoms with E-state index in [9.17, 15) is 4.79 Å². The molecule has 0 saturated heterocycles. The van der Waals surface area contributed by atoms with Crippen LogP contribution in [-0.2, 0) is 11.3 Å². The number of hydrazone groups is 1. The molecule has 126 valence electrons. The Balaban J connectivity index is 1.60. The number of nitrogens with one attached hydrogen (secondary N) is 1. The highest BCUT2D eigenvalue weighted by atomic mass is 35.5. The second-order valence-electron chi connectivity index (χ2n) is 5.54. The van der Waals surface area contributed by atoms with Crippen molar-refractivity contribution >= 4 is 23.2 Å². The molecule has 1 heterocycles. The van der Waals surface area contributed by atoms with Gasteiger partial charge in [-0.1, -0.05) is 54.1 Å². The maximum atomic E-state index is 12.1. The first-order valence-electron chi connectivity index (χ1n) is 7.78. The van der Waals surface area contributed by atoms with Crippen LogP contribution in [0.3, 0.4) is 0 Å². The van der Waals surface area contributed by atoms with Gasteiger partial charge >= 0.3 is 0 Å². The lowest BCUT2D eigenvalue weighted by Crippen LogP contribution is -2.23. The molecule has 0 aliphatic rings. The lowest BCUT2D eigenvalue weighted by Gasteiger charge is -2.04. The Morgan fingerprint density at radius 3 is 2.60 bits per heavy atom. The fraction of sp³-hybridized carbons (Fsp3) is 0.105. The number of aromatic nitrogens is 2. The Morgan fingerprint density at radius 2 is 1.88 bits per heavy atom. The standard InChI is InChI=1S/C19H17ClN4O/c1-14(15-7-9-17(20)10-8-15)22-23-19(25)12-24-11-18(21-13-24)16-5-3-2-4-6-16/h2-11,13H,12H2,1H3,(H,23,25)/b22-14-. The van der Waals surface area contributed by atoms with Crippen molar-refractivity contribution in [2.24, 2.45) is 5.10 Å². The lowest BCUT2D eigenvalue weighted by molar-refractivity contribution is -0.121. The van der Waals surface area contributed by atoms with Gasteiger partial charge in [0.1, 0.15) is 6.54 Å². The van der Waals surface area contributed by atoms with Crippen LogP contribution in [0.1, 0.15) is 12.5 Å². The summed E-state index contributed by atoms with van der Waals surface area (Å²) in [5.41, 5.74) is 6.01. The van der Waals surface area contributed by atoms with E-state index >= 15 is 0 Å². The van der Waals surface area contributed by atoms with Gasteiger partial charge < -0.3 is 4.57 Å². The summed E-state index contributed by atoms with van der Waals surface area (Å²) in [5, 5.41) is 4.79. The summed E-state index contributed by atoms with van der Waals surface area (Å²) in [6.07, 6.45) is 3.47. The van der Waals surface area contributed by atoms with E-state index in [0.29, 0.717) is 10.7 Å². The van der Waals surface area contributed by atoms with Crippen LogP contribution >= 0.6 is 11.6 Å². The zero-order chi connectivity index (χ0) is 17.6. The van der Waals surface area contributed by atoms with Crippen molar-refractivity contribution in [3.63, 3.8) is 0 Å². The first-order chi connectivity index (χ1) is 12.1. The molecule has 1 aromatic heterocycles. The van der Waals surface area contributed by atoms with Crippen LogP contribution in [-0.4, -0.2) is 21.2 Å². The summed E-state index contributed by atoms with van der Waals surface area (Å²) >= 11 is 5.86. The molecule has 0 aliphatic carbocycles. The zero-order valence-electron chi connectivity index (χ0n) is 13.7. The summed E-state index contributed by atoms with van der Waals surface area (Å²) in [6.45, 7) is 1.98. The molecule has 0 aliphatic heterocycles. The van der Waals surface area contributed by atoms with Crippen LogP contribution in [0.4, 0.5) is 0 Å². The van der Waals surface area contributed by atoms with Gasteiger partial charge in [-0.3, -0.25) is 4.79 Å². The van der Waals surface area contributed by atoms with E-state index in [-0.39, 0.29) is 12.5 Å². The number of rotatable bonds is 5. The minimum absolute atomic E-state index is 0.150. The third kappa shape index (κ3) is 4.55. The largest absolute Gasteiger partial charge is 0.327 e. The molecule has 25 heavy (non-hydrogen) atoms. The van der Waals surface area contributed by atoms with E-state index in [4.69, 9.17) is 11.6 Å². The number of hydrogen-bond donors (Lipinski definition) is 1. The highest BCUT2D eigenvalue weighted by Crippen LogP contribution is 2.15. The fourth-order valence-electron chi connectivity index (χ4n) is 2.31. The van der Waals surface area contributed by atoms with Crippen LogP contribution in [0.5, 0.6) is 0 Å². The van der Waals surface area contributed by atoms with Crippen LogP contribution in [0.25, 0.3) is 11.3 Å². The maximum absolute atomic E-state index is 12.1. The third-order valence-corrected chi connectivity index (χ3v) is 3.89. The highest BCUT2D eigenvalue weighted by molar-refractivity contribution is 6.30. The van der Waals surface area contributed by atoms with Crippen LogP contribution < -0.4 is 5.43 Å². The molecule has 0 radical (unpaired) electrons. The second kappa shape index (κ2) is 7.77. The van der Waals surface area contributed by atoms with Gasteiger partial charge in [-0.25, -0.2) is 10.4 Å². The Kier molecular flexibility index (Phi) is 5.26. The molecule has 0 spiro atoms. The molecule has 6 heteroatoms. The lowest BCUT2D eigenvalue weighted by atomic mass is 10.1. The molecule has 0 saturated carbocycles. The Labute approximate surface area is 151 Å². The number of benzene rings is 2. The Morgan fingerprint density at radius 1 is 1.16 bits per heavy atom. The summed E-state index contributed by atoms with van der Waals surface area (Å²) in [4.78, 5) is 16.4. The second-order valence-corrected chi connectivity index (χ2v) is 5.97. The Bertz CT molecular complexity index is 885. The summed E-state index contributed by atoms with van der Waals surface area (Å²) in [6, 6.07) is 17.1. The van der Waals surface area contributed by atoms with Crippen molar-refractivity contribution < 1.29 is 4.79 Å². The van der Waals surface area contributed by atoms with Gasteiger partial charge in [-0.2, -0.15) is 5.10 Å². The van der Waals surface area contributed by atoms with Gasteiger partial charge in [0.05, 0.1) is 17.7 Å². The van der Waals surface area contributed by atoms with Gasteiger partial charge in [-0.15, -0.1) is 0 Å². The van der Waals surface area contributed by atoms with Crippen molar-refractivity contribution in [3.05, 3.63) is 77.7 Å². The zero-order valence-corrected chi connectivity index (χ0v) is 14.4. The predicted octanol–water partition coefficient (Wildman–Crippen LogP) is 3.74. The molecule has 2 aromatic carbocycles. The maximum Gasteiger partial charge on any atom is 0.260 e. The quantitative estimate of drug-likeness (QED) is 0.561. The molecular formula is C19H17ClN4O. The molecule has 1 amide bonds. The first kappa shape index (κ1) is 16.9. The monoisotopic (exact) mass is 352 g/mol. The van der Waals surface area contributed by atoms with Crippen LogP contribution in [0.2, 0.25) is 5.02 Å². The van der Waals surface area contributed by atoms with Crippen LogP contribution in [0, 0.1) is 0 Å². The van der Waals surface area contributed by atoms with E-state index in [2.05, 4.69) is 15.5 Å². The summed E-state index contributed by atoms with van der Waals surface area (Å²) in [7, 11) is 0. The number of halogens is 1. The molecule has 0 atom stereocenters. The number of carbonyl (C=O) groups is 1. The smallest absolute Gasteiger partial charge is 0.260 e. The van der Waals surface area contributed by atoms with Crippen molar-refractivity contribution in [2.45, 2.75) is 13.5 Å². The van der Waals surface area contributed by atoms with Crippen molar-refractivity contribution in [1.29, 1.82) is 0 Å². The predicted molar refractivity (Wildman–Crippen MR) is 99.5 cm³/mol. The normalized spacial score (nSPS) is 11.4. The van der Waals surface area contributed by atoms with E-state index in [0.717, 1.165) is 16.8 Å². The number of imidazole rings is 1. The first-order valence-corrected chi connectivity index (χ1v) is 8.16. The van der Waals surface area contributed by atoms with E-state index < -0.39 is 0 Å². The number of carbonyl (C=O) groups excluding carboxylic acids is 1. The van der Waals surface area contributed by atoms with E-state index in [1.807, 2.05) is 55.6 Å². The van der Waals surface area contributed by atoms with Gasteiger partial charge in [0.15, 0.2) is 0 Å². The SMILES string of the molecule is C/C(=N/NC(=O)Cn1cnc(-c2ccccc2)c1)c1ccc(Cl)cc1. The van der Waals surface area contributed by atoms with E-state index in [1.165, 1.54) is 0 Å². The van der Waals surface area contributed by atoms with Crippen molar-refractivity contribution in [2.75, 3.05) is 0 Å². The number of nitrogens with zero attached hydrogens (tertiary/aromatic N) is 3. The molecule has 0 bridgehead atoms. The highest BCUT2D eigenvalue weighted by Gasteiger charge is 2.06. The average Bonchev–Trinajstić information content (AvgIpc) is 3.09. The molecular weight excluding hydrogens is 336 g/mol. The summed E-state index contributed by atoms with van der Waals surface area (Å²) < 4.78 is 1.73. The van der Waals surface area contributed by atoms with Crippen molar-refractivity contribution in [1.82, 2.24) is 15.0 Å². The van der Waals surface area contributed by atoms with Crippen LogP contribution in [0.15, 0.2) is 72.2 Å². The Hall–Kier alpha value is -2.92. The van der Waals surface area contributed by atoms with Gasteiger partial charge in [0.25, 0.3) is 5.91 Å². The molecule has 1 N–H and O–H groups in total. The number of amides is 1. The van der Waals surface area contributed by atoms with E-state index in [1.54, 1.807) is 23.0 Å². The topological polar surface area (TPSA) is 59.3 Å². The fourth-order valence-corrected chi connectivity index (χ4v) is 2.43. The molecule has 3 aromatic rings. The molecule has 5 nitrogen and oxygen atoms in total. The van der Waals surface area contributed by atoms with Gasteiger partial charge in [0, 0.05) is 16.8 Å². The number of hydrogen-bond acceptors (Lipinski definition) is 3. The molecule has 3 rings (SSSR count). The minimum Gasteiger partial charge on any atom is -0.327 e. The minimum atomic E-state index is -0.217. The molecule has 0 unspecified atom stereocenters. The van der Waals surface area contributed by atoms with Gasteiger partial charge in [-0.05, 0) is 24.6 Å². The van der Waals surface area contributed by atoms with Gasteiger partial charge in [0.2, 0.25) is 0 Å². The summed E-state index contributed by atoms with van der Waals surface area (Å²) in [5.74, 6) is -0.217.